The van der Waals surface area contributed by atoms with Crippen molar-refractivity contribution in [3.63, 3.8) is 0 Å². The molecule has 2 aromatic carbocycles. The number of rotatable bonds is 3. The number of para-hydroxylation sites is 2. The molecule has 2 aromatic heterocycles. The molecular weight excluding hydrogens is 392 g/mol. The van der Waals surface area contributed by atoms with Crippen LogP contribution in [0.4, 0.5) is 0 Å². The van der Waals surface area contributed by atoms with Crippen LogP contribution in [0.2, 0.25) is 0 Å². The summed E-state index contributed by atoms with van der Waals surface area (Å²) < 4.78 is 1.20. The van der Waals surface area contributed by atoms with Crippen molar-refractivity contribution in [1.82, 2.24) is 14.5 Å². The van der Waals surface area contributed by atoms with Crippen molar-refractivity contribution < 1.29 is 10.0 Å². The Hall–Kier alpha value is -3.58. The van der Waals surface area contributed by atoms with Gasteiger partial charge in [0.1, 0.15) is 5.56 Å². The number of likely N-dealkylation sites (N-methyl/N-ethyl adjacent to an activating group) is 1. The molecule has 0 bridgehead atoms. The van der Waals surface area contributed by atoms with Crippen LogP contribution in [0, 0.1) is 6.92 Å². The van der Waals surface area contributed by atoms with Gasteiger partial charge in [-0.15, -0.1) is 0 Å². The number of hydrogen-bond donors (Lipinski definition) is 4. The number of hydrogen-bond acceptors (Lipinski definition) is 3. The van der Waals surface area contributed by atoms with Gasteiger partial charge in [0, 0.05) is 17.3 Å². The van der Waals surface area contributed by atoms with E-state index in [1.165, 1.54) is 10.1 Å². The molecule has 7 heteroatoms. The maximum Gasteiger partial charge on any atom is 0.335 e. The van der Waals surface area contributed by atoms with E-state index in [0.717, 1.165) is 46.6 Å². The molecule has 0 spiro atoms. The molecule has 2 atom stereocenters. The second-order valence-electron chi connectivity index (χ2n) is 8.13. The van der Waals surface area contributed by atoms with Crippen LogP contribution in [0.25, 0.3) is 16.6 Å². The number of nitrogens with one attached hydrogen (secondary N) is 3. The molecule has 0 saturated heterocycles. The Morgan fingerprint density at radius 2 is 1.84 bits per heavy atom. The maximum atomic E-state index is 13.1. The van der Waals surface area contributed by atoms with Crippen LogP contribution in [0.3, 0.4) is 0 Å². The second kappa shape index (κ2) is 7.28. The van der Waals surface area contributed by atoms with Gasteiger partial charge >= 0.3 is 5.69 Å². The zero-order valence-corrected chi connectivity index (χ0v) is 17.5. The van der Waals surface area contributed by atoms with E-state index in [1.807, 2.05) is 37.3 Å². The number of aromatic nitrogens is 3. The minimum Gasteiger partial charge on any atom is -0.494 e. The lowest BCUT2D eigenvalue weighted by Gasteiger charge is -2.32. The average Bonchev–Trinajstić information content (AvgIpc) is 3.14. The summed E-state index contributed by atoms with van der Waals surface area (Å²) in [7, 11) is 0. The van der Waals surface area contributed by atoms with Crippen LogP contribution >= 0.6 is 0 Å². The molecular formula is C24H25N4O3+. The van der Waals surface area contributed by atoms with Crippen molar-refractivity contribution in [2.75, 3.05) is 13.1 Å². The van der Waals surface area contributed by atoms with Crippen molar-refractivity contribution in [2.24, 2.45) is 0 Å². The third-order valence-electron chi connectivity index (χ3n) is 6.46. The Morgan fingerprint density at radius 3 is 2.61 bits per heavy atom. The van der Waals surface area contributed by atoms with Crippen LogP contribution in [0.5, 0.6) is 5.88 Å². The lowest BCUT2D eigenvalue weighted by atomic mass is 9.93. The Balaban J connectivity index is 1.81. The van der Waals surface area contributed by atoms with E-state index in [1.54, 1.807) is 12.1 Å². The second-order valence-corrected chi connectivity index (χ2v) is 8.13. The largest absolute Gasteiger partial charge is 0.494 e. The van der Waals surface area contributed by atoms with Crippen molar-refractivity contribution >= 4 is 10.9 Å². The summed E-state index contributed by atoms with van der Waals surface area (Å²) in [5, 5.41) is 12.4. The molecule has 3 heterocycles. The zero-order chi connectivity index (χ0) is 21.7. The predicted molar refractivity (Wildman–Crippen MR) is 119 cm³/mol. The van der Waals surface area contributed by atoms with Crippen molar-refractivity contribution in [2.45, 2.75) is 26.3 Å². The molecule has 0 amide bonds. The van der Waals surface area contributed by atoms with Crippen molar-refractivity contribution in [3.05, 3.63) is 91.8 Å². The first-order chi connectivity index (χ1) is 15.0. The molecule has 4 N–H and O–H groups in total. The van der Waals surface area contributed by atoms with Crippen molar-refractivity contribution in [1.29, 1.82) is 0 Å². The average molecular weight is 417 g/mol. The predicted octanol–water partition coefficient (Wildman–Crippen LogP) is 1.57. The first-order valence-electron chi connectivity index (χ1n) is 10.6. The van der Waals surface area contributed by atoms with Gasteiger partial charge in [0.15, 0.2) is 6.04 Å². The third kappa shape index (κ3) is 2.92. The highest BCUT2D eigenvalue weighted by atomic mass is 16.3. The summed E-state index contributed by atoms with van der Waals surface area (Å²) in [4.78, 5) is 32.9. The third-order valence-corrected chi connectivity index (χ3v) is 6.46. The van der Waals surface area contributed by atoms with Gasteiger partial charge in [-0.05, 0) is 37.1 Å². The fraction of sp³-hybridized carbons (Fsp3) is 0.250. The minimum absolute atomic E-state index is 0.215. The Labute approximate surface area is 178 Å². The van der Waals surface area contributed by atoms with E-state index in [9.17, 15) is 14.7 Å². The Morgan fingerprint density at radius 1 is 1.10 bits per heavy atom. The van der Waals surface area contributed by atoms with E-state index in [2.05, 4.69) is 23.0 Å². The standard InChI is InChI=1S/C24H24N4O3/c1-3-27-13-12-16-15-9-5-6-10-17(15)25-20(16)21(27)19-22(29)26-24(31)28(23(19)30)18-11-7-4-8-14(18)2/h4-11,21,25,30H,3,12-13H2,1-2H3,(H,26,29,31)/p+1/t21-/m0/s1. The number of aromatic amines is 2. The van der Waals surface area contributed by atoms with Gasteiger partial charge in [0.25, 0.3) is 5.56 Å². The first kappa shape index (κ1) is 19.4. The number of benzene rings is 2. The Bertz CT molecular complexity index is 1410. The molecule has 1 aliphatic rings. The van der Waals surface area contributed by atoms with E-state index in [4.69, 9.17) is 0 Å². The van der Waals surface area contributed by atoms with Crippen LogP contribution in [0.15, 0.2) is 58.1 Å². The molecule has 0 saturated carbocycles. The number of aryl methyl sites for hydroxylation is 1. The summed E-state index contributed by atoms with van der Waals surface area (Å²) in [6.45, 7) is 5.55. The van der Waals surface area contributed by atoms with Gasteiger partial charge in [-0.2, -0.15) is 0 Å². The van der Waals surface area contributed by atoms with Crippen LogP contribution in [-0.2, 0) is 6.42 Å². The van der Waals surface area contributed by atoms with E-state index in [-0.39, 0.29) is 11.4 Å². The first-order valence-corrected chi connectivity index (χ1v) is 10.6. The van der Waals surface area contributed by atoms with E-state index < -0.39 is 17.3 Å². The SMILES string of the molecule is CC[NH+]1CCc2c([nH]c3ccccc23)[C@@H]1c1c(O)n(-c2ccccc2C)c(=O)[nH]c1=O. The number of quaternary nitrogens is 1. The topological polar surface area (TPSA) is 95.3 Å². The highest BCUT2D eigenvalue weighted by Crippen LogP contribution is 2.33. The highest BCUT2D eigenvalue weighted by molar-refractivity contribution is 5.85. The molecule has 4 aromatic rings. The quantitative estimate of drug-likeness (QED) is 0.408. The lowest BCUT2D eigenvalue weighted by Crippen LogP contribution is -3.13. The summed E-state index contributed by atoms with van der Waals surface area (Å²) in [6.07, 6.45) is 0.884. The smallest absolute Gasteiger partial charge is 0.335 e. The molecule has 0 radical (unpaired) electrons. The molecule has 158 valence electrons. The normalized spacial score (nSPS) is 18.3. The molecule has 7 nitrogen and oxygen atoms in total. The number of H-pyrrole nitrogens is 2. The van der Waals surface area contributed by atoms with Gasteiger partial charge in [-0.3, -0.25) is 9.78 Å². The number of nitrogens with zero attached hydrogens (tertiary/aromatic N) is 1. The molecule has 31 heavy (non-hydrogen) atoms. The summed E-state index contributed by atoms with van der Waals surface area (Å²) in [5.74, 6) is -0.300. The molecule has 1 unspecified atom stereocenters. The fourth-order valence-electron chi connectivity index (χ4n) is 4.94. The van der Waals surface area contributed by atoms with E-state index >= 15 is 0 Å². The number of aromatic hydroxyl groups is 1. The molecule has 5 rings (SSSR count). The van der Waals surface area contributed by atoms with Crippen molar-refractivity contribution in [3.8, 4) is 11.6 Å². The summed E-state index contributed by atoms with van der Waals surface area (Å²) in [5.41, 5.74) is 3.51. The van der Waals surface area contributed by atoms with Crippen LogP contribution in [0.1, 0.15) is 35.3 Å². The van der Waals surface area contributed by atoms with Gasteiger partial charge in [0.2, 0.25) is 5.88 Å². The fourth-order valence-corrected chi connectivity index (χ4v) is 4.94. The van der Waals surface area contributed by atoms with Gasteiger partial charge < -0.3 is 15.0 Å². The zero-order valence-electron chi connectivity index (χ0n) is 17.5. The molecule has 0 fully saturated rings. The summed E-state index contributed by atoms with van der Waals surface area (Å²) in [6, 6.07) is 15.0. The van der Waals surface area contributed by atoms with Gasteiger partial charge in [-0.1, -0.05) is 36.4 Å². The maximum absolute atomic E-state index is 13.1. The molecule has 1 aliphatic heterocycles. The van der Waals surface area contributed by atoms with Crippen LogP contribution < -0.4 is 16.1 Å². The number of fused-ring (bicyclic) bond motifs is 3. The van der Waals surface area contributed by atoms with Crippen LogP contribution in [-0.4, -0.2) is 32.7 Å². The highest BCUT2D eigenvalue weighted by Gasteiger charge is 2.39. The monoisotopic (exact) mass is 417 g/mol. The summed E-state index contributed by atoms with van der Waals surface area (Å²) >= 11 is 0. The van der Waals surface area contributed by atoms with Gasteiger partial charge in [0.05, 0.1) is 24.5 Å². The lowest BCUT2D eigenvalue weighted by molar-refractivity contribution is -0.926. The van der Waals surface area contributed by atoms with Gasteiger partial charge in [-0.25, -0.2) is 9.36 Å². The van der Waals surface area contributed by atoms with E-state index in [0.29, 0.717) is 5.69 Å². The molecule has 0 aliphatic carbocycles. The Kier molecular flexibility index (Phi) is 4.55. The minimum atomic E-state index is -0.647.